The normalized spacial score (nSPS) is 18.8. The summed E-state index contributed by atoms with van der Waals surface area (Å²) in [5, 5.41) is 3.33. The lowest BCUT2D eigenvalue weighted by atomic mass is 9.89. The molecule has 0 aliphatic carbocycles. The van der Waals surface area contributed by atoms with E-state index >= 15 is 0 Å². The smallest absolute Gasteiger partial charge is 0.0931 e. The van der Waals surface area contributed by atoms with E-state index < -0.39 is 0 Å². The van der Waals surface area contributed by atoms with Gasteiger partial charge in [0.25, 0.3) is 0 Å². The number of hydrogen-bond acceptors (Lipinski definition) is 3. The molecule has 2 rings (SSSR count). The number of hydrogen-bond donors (Lipinski definition) is 1. The van der Waals surface area contributed by atoms with Crippen molar-refractivity contribution in [3.63, 3.8) is 0 Å². The van der Waals surface area contributed by atoms with Crippen LogP contribution in [0.3, 0.4) is 0 Å². The van der Waals surface area contributed by atoms with E-state index in [0.717, 1.165) is 22.7 Å². The fourth-order valence-electron chi connectivity index (χ4n) is 2.12. The molecule has 1 unspecified atom stereocenters. The highest BCUT2D eigenvalue weighted by Crippen LogP contribution is 2.23. The first kappa shape index (κ1) is 12.4. The van der Waals surface area contributed by atoms with Crippen molar-refractivity contribution >= 4 is 22.9 Å². The SMILES string of the molecule is CC(CN(C)Cc1ccc(Cl)s1)C1CNC1. The maximum absolute atomic E-state index is 5.92. The summed E-state index contributed by atoms with van der Waals surface area (Å²) in [6, 6.07) is 4.10. The Kier molecular flexibility index (Phi) is 4.25. The van der Waals surface area contributed by atoms with E-state index in [1.54, 1.807) is 11.3 Å². The summed E-state index contributed by atoms with van der Waals surface area (Å²) >= 11 is 7.61. The minimum atomic E-state index is 0.779. The van der Waals surface area contributed by atoms with Crippen LogP contribution in [0.4, 0.5) is 0 Å². The van der Waals surface area contributed by atoms with Crippen LogP contribution in [0.25, 0.3) is 0 Å². The number of thiophene rings is 1. The van der Waals surface area contributed by atoms with Crippen LogP contribution in [0.15, 0.2) is 12.1 Å². The lowest BCUT2D eigenvalue weighted by Crippen LogP contribution is -2.47. The highest BCUT2D eigenvalue weighted by atomic mass is 35.5. The van der Waals surface area contributed by atoms with Crippen molar-refractivity contribution < 1.29 is 0 Å². The van der Waals surface area contributed by atoms with Gasteiger partial charge in [0, 0.05) is 18.0 Å². The quantitative estimate of drug-likeness (QED) is 0.874. The van der Waals surface area contributed by atoms with Gasteiger partial charge >= 0.3 is 0 Å². The minimum absolute atomic E-state index is 0.779. The predicted molar refractivity (Wildman–Crippen MR) is 71.2 cm³/mol. The van der Waals surface area contributed by atoms with Gasteiger partial charge in [-0.05, 0) is 44.1 Å². The van der Waals surface area contributed by atoms with Gasteiger partial charge < -0.3 is 10.2 Å². The first-order chi connectivity index (χ1) is 7.65. The van der Waals surface area contributed by atoms with Gasteiger partial charge in [0.05, 0.1) is 4.34 Å². The van der Waals surface area contributed by atoms with Crippen molar-refractivity contribution in [2.75, 3.05) is 26.7 Å². The molecule has 0 saturated carbocycles. The molecule has 0 spiro atoms. The first-order valence-corrected chi connectivity index (χ1v) is 6.98. The van der Waals surface area contributed by atoms with Gasteiger partial charge in [0.15, 0.2) is 0 Å². The lowest BCUT2D eigenvalue weighted by Gasteiger charge is -2.34. The molecule has 0 aromatic carbocycles. The van der Waals surface area contributed by atoms with Gasteiger partial charge in [-0.3, -0.25) is 0 Å². The van der Waals surface area contributed by atoms with Crippen molar-refractivity contribution in [2.45, 2.75) is 13.5 Å². The van der Waals surface area contributed by atoms with Crippen molar-refractivity contribution in [3.8, 4) is 0 Å². The molecule has 0 radical (unpaired) electrons. The summed E-state index contributed by atoms with van der Waals surface area (Å²) in [5.41, 5.74) is 0. The van der Waals surface area contributed by atoms with Gasteiger partial charge in [-0.15, -0.1) is 11.3 Å². The molecule has 1 N–H and O–H groups in total. The molecule has 16 heavy (non-hydrogen) atoms. The van der Waals surface area contributed by atoms with E-state index in [9.17, 15) is 0 Å². The van der Waals surface area contributed by atoms with E-state index in [1.165, 1.54) is 24.5 Å². The molecular formula is C12H19ClN2S. The molecule has 1 fully saturated rings. The Labute approximate surface area is 107 Å². The predicted octanol–water partition coefficient (Wildman–Crippen LogP) is 2.69. The van der Waals surface area contributed by atoms with Crippen LogP contribution < -0.4 is 5.32 Å². The molecule has 1 aliphatic heterocycles. The van der Waals surface area contributed by atoms with E-state index in [0.29, 0.717) is 0 Å². The lowest BCUT2D eigenvalue weighted by molar-refractivity contribution is 0.183. The van der Waals surface area contributed by atoms with E-state index in [1.807, 2.05) is 6.07 Å². The molecule has 1 atom stereocenters. The highest BCUT2D eigenvalue weighted by Gasteiger charge is 2.24. The fourth-order valence-corrected chi connectivity index (χ4v) is 3.29. The average Bonchev–Trinajstić information content (AvgIpc) is 2.47. The first-order valence-electron chi connectivity index (χ1n) is 5.78. The molecule has 2 heterocycles. The van der Waals surface area contributed by atoms with E-state index in [2.05, 4.69) is 30.3 Å². The number of nitrogens with one attached hydrogen (secondary N) is 1. The van der Waals surface area contributed by atoms with Gasteiger partial charge in [0.1, 0.15) is 0 Å². The topological polar surface area (TPSA) is 15.3 Å². The monoisotopic (exact) mass is 258 g/mol. The molecule has 4 heteroatoms. The van der Waals surface area contributed by atoms with Crippen molar-refractivity contribution in [1.29, 1.82) is 0 Å². The molecule has 2 nitrogen and oxygen atoms in total. The Morgan fingerprint density at radius 3 is 2.81 bits per heavy atom. The third kappa shape index (κ3) is 3.20. The number of halogens is 1. The largest absolute Gasteiger partial charge is 0.316 e. The molecule has 90 valence electrons. The van der Waals surface area contributed by atoms with Gasteiger partial charge in [-0.25, -0.2) is 0 Å². The van der Waals surface area contributed by atoms with Crippen LogP contribution in [-0.2, 0) is 6.54 Å². The molecule has 0 bridgehead atoms. The summed E-state index contributed by atoms with van der Waals surface area (Å²) in [6.45, 7) is 6.92. The maximum Gasteiger partial charge on any atom is 0.0931 e. The van der Waals surface area contributed by atoms with Crippen LogP contribution in [0.1, 0.15) is 11.8 Å². The Morgan fingerprint density at radius 1 is 1.56 bits per heavy atom. The second-order valence-corrected chi connectivity index (χ2v) is 6.60. The van der Waals surface area contributed by atoms with Crippen LogP contribution in [0, 0.1) is 11.8 Å². The Morgan fingerprint density at radius 2 is 2.31 bits per heavy atom. The third-order valence-corrected chi connectivity index (χ3v) is 4.49. The Bertz CT molecular complexity index is 336. The molecule has 1 aromatic rings. The molecule has 1 aliphatic rings. The average molecular weight is 259 g/mol. The zero-order valence-corrected chi connectivity index (χ0v) is 11.4. The standard InChI is InChI=1S/C12H19ClN2S/c1-9(10-5-14-6-10)7-15(2)8-11-3-4-12(13)16-11/h3-4,9-10,14H,5-8H2,1-2H3. The summed E-state index contributed by atoms with van der Waals surface area (Å²) in [5.74, 6) is 1.65. The highest BCUT2D eigenvalue weighted by molar-refractivity contribution is 7.16. The van der Waals surface area contributed by atoms with Crippen LogP contribution in [0.5, 0.6) is 0 Å². The van der Waals surface area contributed by atoms with E-state index in [-0.39, 0.29) is 0 Å². The fraction of sp³-hybridized carbons (Fsp3) is 0.667. The molecular weight excluding hydrogens is 240 g/mol. The van der Waals surface area contributed by atoms with Gasteiger partial charge in [-0.2, -0.15) is 0 Å². The van der Waals surface area contributed by atoms with Gasteiger partial charge in [-0.1, -0.05) is 18.5 Å². The Balaban J connectivity index is 1.77. The molecule has 1 saturated heterocycles. The summed E-state index contributed by atoms with van der Waals surface area (Å²) in [6.07, 6.45) is 0. The number of nitrogens with zero attached hydrogens (tertiary/aromatic N) is 1. The minimum Gasteiger partial charge on any atom is -0.316 e. The van der Waals surface area contributed by atoms with Crippen LogP contribution in [0.2, 0.25) is 4.34 Å². The zero-order chi connectivity index (χ0) is 11.5. The molecule has 0 amide bonds. The summed E-state index contributed by atoms with van der Waals surface area (Å²) in [4.78, 5) is 3.75. The van der Waals surface area contributed by atoms with Crippen LogP contribution in [-0.4, -0.2) is 31.6 Å². The maximum atomic E-state index is 5.92. The summed E-state index contributed by atoms with van der Waals surface area (Å²) in [7, 11) is 2.19. The number of rotatable bonds is 5. The van der Waals surface area contributed by atoms with Gasteiger partial charge in [0.2, 0.25) is 0 Å². The summed E-state index contributed by atoms with van der Waals surface area (Å²) < 4.78 is 0.889. The van der Waals surface area contributed by atoms with Crippen molar-refractivity contribution in [2.24, 2.45) is 11.8 Å². The second kappa shape index (κ2) is 5.50. The third-order valence-electron chi connectivity index (χ3n) is 3.27. The van der Waals surface area contributed by atoms with E-state index in [4.69, 9.17) is 11.6 Å². The van der Waals surface area contributed by atoms with Crippen LogP contribution >= 0.6 is 22.9 Å². The zero-order valence-electron chi connectivity index (χ0n) is 9.87. The van der Waals surface area contributed by atoms with Crippen molar-refractivity contribution in [3.05, 3.63) is 21.3 Å². The van der Waals surface area contributed by atoms with Crippen molar-refractivity contribution in [1.82, 2.24) is 10.2 Å². The molecule has 1 aromatic heterocycles. The second-order valence-electron chi connectivity index (χ2n) is 4.80. The Hall–Kier alpha value is -0.0900.